The lowest BCUT2D eigenvalue weighted by atomic mass is 9.98. The molecule has 1 amide bonds. The fraction of sp³-hybridized carbons (Fsp3) is 0.333. The molecule has 0 radical (unpaired) electrons. The molecule has 0 bridgehead atoms. The maximum Gasteiger partial charge on any atom is 0.266 e. The Bertz CT molecular complexity index is 717. The molecule has 0 unspecified atom stereocenters. The Kier molecular flexibility index (Phi) is 4.06. The molecule has 1 aliphatic rings. The Balaban J connectivity index is 1.86. The van der Waals surface area contributed by atoms with Crippen LogP contribution < -0.4 is 0 Å². The van der Waals surface area contributed by atoms with E-state index in [0.29, 0.717) is 13.1 Å². The van der Waals surface area contributed by atoms with Crippen LogP contribution in [0.2, 0.25) is 0 Å². The van der Waals surface area contributed by atoms with Gasteiger partial charge in [-0.3, -0.25) is 9.89 Å². The van der Waals surface area contributed by atoms with Gasteiger partial charge in [-0.1, -0.05) is 0 Å². The lowest BCUT2D eigenvalue weighted by Gasteiger charge is -2.27. The summed E-state index contributed by atoms with van der Waals surface area (Å²) in [5.41, 5.74) is 2.68. The van der Waals surface area contributed by atoms with E-state index >= 15 is 0 Å². The third-order valence-electron chi connectivity index (χ3n) is 3.76. The lowest BCUT2D eigenvalue weighted by Crippen LogP contribution is -2.38. The van der Waals surface area contributed by atoms with E-state index in [1.165, 1.54) is 0 Å². The highest BCUT2D eigenvalue weighted by molar-refractivity contribution is 7.16. The number of amides is 1. The van der Waals surface area contributed by atoms with Crippen LogP contribution in [-0.4, -0.2) is 34.1 Å². The minimum absolute atomic E-state index is 0.0616. The first-order valence-corrected chi connectivity index (χ1v) is 7.82. The Hall–Kier alpha value is -2.02. The molecule has 0 aliphatic carbocycles. The molecule has 0 fully saturated rings. The highest BCUT2D eigenvalue weighted by atomic mass is 32.1. The SMILES string of the molecule is Cc1sc(-c2ccn[nH]2)c2c1C(=O)N(CCC=C(F)F)CC2. The van der Waals surface area contributed by atoms with Gasteiger partial charge in [0.15, 0.2) is 0 Å². The van der Waals surface area contributed by atoms with E-state index < -0.39 is 6.08 Å². The molecular formula is C15H15F2N3OS. The normalized spacial score (nSPS) is 14.1. The van der Waals surface area contributed by atoms with Crippen molar-refractivity contribution in [3.8, 4) is 10.6 Å². The summed E-state index contributed by atoms with van der Waals surface area (Å²) in [6.07, 6.45) is 1.77. The molecular weight excluding hydrogens is 308 g/mol. The minimum Gasteiger partial charge on any atom is -0.338 e. The van der Waals surface area contributed by atoms with Crippen LogP contribution in [0.25, 0.3) is 10.6 Å². The van der Waals surface area contributed by atoms with Crippen LogP contribution in [0.1, 0.15) is 27.2 Å². The van der Waals surface area contributed by atoms with Crippen LogP contribution in [0.3, 0.4) is 0 Å². The Morgan fingerprint density at radius 3 is 3.05 bits per heavy atom. The fourth-order valence-electron chi connectivity index (χ4n) is 2.76. The molecule has 4 nitrogen and oxygen atoms in total. The first-order valence-electron chi connectivity index (χ1n) is 7.00. The summed E-state index contributed by atoms with van der Waals surface area (Å²) >= 11 is 1.57. The maximum atomic E-state index is 12.6. The van der Waals surface area contributed by atoms with Crippen molar-refractivity contribution < 1.29 is 13.6 Å². The van der Waals surface area contributed by atoms with Gasteiger partial charge in [0.2, 0.25) is 0 Å². The van der Waals surface area contributed by atoms with E-state index in [-0.39, 0.29) is 12.3 Å². The van der Waals surface area contributed by atoms with Gasteiger partial charge in [0.05, 0.1) is 16.1 Å². The van der Waals surface area contributed by atoms with Gasteiger partial charge in [0.1, 0.15) is 0 Å². The predicted octanol–water partition coefficient (Wildman–Crippen LogP) is 3.62. The van der Waals surface area contributed by atoms with Gasteiger partial charge in [0.25, 0.3) is 12.0 Å². The van der Waals surface area contributed by atoms with Crippen LogP contribution >= 0.6 is 11.3 Å². The van der Waals surface area contributed by atoms with Crippen molar-refractivity contribution in [3.63, 3.8) is 0 Å². The second kappa shape index (κ2) is 6.00. The molecule has 22 heavy (non-hydrogen) atoms. The summed E-state index contributed by atoms with van der Waals surface area (Å²) in [6, 6.07) is 1.89. The number of H-pyrrole nitrogens is 1. The smallest absolute Gasteiger partial charge is 0.266 e. The molecule has 0 saturated heterocycles. The quantitative estimate of drug-likeness (QED) is 0.934. The average Bonchev–Trinajstić information content (AvgIpc) is 3.09. The van der Waals surface area contributed by atoms with Crippen molar-refractivity contribution in [2.24, 2.45) is 0 Å². The second-order valence-electron chi connectivity index (χ2n) is 5.14. The number of halogens is 2. The second-order valence-corrected chi connectivity index (χ2v) is 6.36. The number of aromatic nitrogens is 2. The number of fused-ring (bicyclic) bond motifs is 1. The van der Waals surface area contributed by atoms with E-state index in [2.05, 4.69) is 10.2 Å². The summed E-state index contributed by atoms with van der Waals surface area (Å²) in [5.74, 6) is -0.0616. The van der Waals surface area contributed by atoms with E-state index in [4.69, 9.17) is 0 Å². The van der Waals surface area contributed by atoms with Crippen molar-refractivity contribution in [1.82, 2.24) is 15.1 Å². The van der Waals surface area contributed by atoms with E-state index in [1.54, 1.807) is 22.4 Å². The Labute approximate surface area is 130 Å². The zero-order valence-electron chi connectivity index (χ0n) is 12.0. The number of carbonyl (C=O) groups excluding carboxylic acids is 1. The van der Waals surface area contributed by atoms with Crippen molar-refractivity contribution in [2.75, 3.05) is 13.1 Å². The lowest BCUT2D eigenvalue weighted by molar-refractivity contribution is 0.0742. The number of carbonyl (C=O) groups is 1. The molecule has 0 atom stereocenters. The van der Waals surface area contributed by atoms with Crippen LogP contribution in [0.4, 0.5) is 8.78 Å². The van der Waals surface area contributed by atoms with Crippen molar-refractivity contribution in [3.05, 3.63) is 40.4 Å². The molecule has 1 aliphatic heterocycles. The van der Waals surface area contributed by atoms with Gasteiger partial charge in [-0.05, 0) is 37.5 Å². The summed E-state index contributed by atoms with van der Waals surface area (Å²) in [6.45, 7) is 2.81. The summed E-state index contributed by atoms with van der Waals surface area (Å²) in [4.78, 5) is 16.3. The van der Waals surface area contributed by atoms with Crippen LogP contribution in [-0.2, 0) is 6.42 Å². The molecule has 0 spiro atoms. The van der Waals surface area contributed by atoms with Gasteiger partial charge in [0, 0.05) is 24.2 Å². The summed E-state index contributed by atoms with van der Waals surface area (Å²) < 4.78 is 24.2. The van der Waals surface area contributed by atoms with Gasteiger partial charge in [-0.15, -0.1) is 11.3 Å². The van der Waals surface area contributed by atoms with Crippen molar-refractivity contribution in [2.45, 2.75) is 19.8 Å². The van der Waals surface area contributed by atoms with Gasteiger partial charge < -0.3 is 4.90 Å². The number of rotatable bonds is 4. The standard InChI is InChI=1S/C15H15F2N3OS/c1-9-13-10(14(22-9)11-4-6-18-19-11)5-8-20(15(13)21)7-2-3-12(16)17/h3-4,6H,2,5,7-8H2,1H3,(H,18,19). The van der Waals surface area contributed by atoms with Crippen molar-refractivity contribution in [1.29, 1.82) is 0 Å². The average molecular weight is 323 g/mol. The highest BCUT2D eigenvalue weighted by Crippen LogP contribution is 2.38. The number of hydrogen-bond acceptors (Lipinski definition) is 3. The number of nitrogens with one attached hydrogen (secondary N) is 1. The van der Waals surface area contributed by atoms with Crippen LogP contribution in [0, 0.1) is 6.92 Å². The predicted molar refractivity (Wildman–Crippen MR) is 81.2 cm³/mol. The molecule has 2 aromatic rings. The topological polar surface area (TPSA) is 49.0 Å². The molecule has 116 valence electrons. The van der Waals surface area contributed by atoms with Gasteiger partial charge in [-0.25, -0.2) is 0 Å². The molecule has 2 aromatic heterocycles. The monoisotopic (exact) mass is 323 g/mol. The van der Waals surface area contributed by atoms with E-state index in [0.717, 1.165) is 39.1 Å². The number of aromatic amines is 1. The fourth-order valence-corrected chi connectivity index (χ4v) is 3.93. The summed E-state index contributed by atoms with van der Waals surface area (Å²) in [5, 5.41) is 6.89. The third-order valence-corrected chi connectivity index (χ3v) is 4.94. The number of nitrogens with zero attached hydrogens (tertiary/aromatic N) is 2. The van der Waals surface area contributed by atoms with Gasteiger partial charge >= 0.3 is 0 Å². The number of hydrogen-bond donors (Lipinski definition) is 1. The number of thiophene rings is 1. The summed E-state index contributed by atoms with van der Waals surface area (Å²) in [7, 11) is 0. The van der Waals surface area contributed by atoms with Crippen LogP contribution in [0.5, 0.6) is 0 Å². The molecule has 7 heteroatoms. The van der Waals surface area contributed by atoms with E-state index in [9.17, 15) is 13.6 Å². The maximum absolute atomic E-state index is 12.6. The van der Waals surface area contributed by atoms with Crippen LogP contribution in [0.15, 0.2) is 24.4 Å². The molecule has 0 aromatic carbocycles. The molecule has 3 rings (SSSR count). The Morgan fingerprint density at radius 1 is 1.55 bits per heavy atom. The first-order chi connectivity index (χ1) is 10.6. The third kappa shape index (κ3) is 2.68. The zero-order valence-corrected chi connectivity index (χ0v) is 12.8. The molecule has 0 saturated carbocycles. The molecule has 1 N–H and O–H groups in total. The largest absolute Gasteiger partial charge is 0.338 e. The number of aryl methyl sites for hydroxylation is 1. The minimum atomic E-state index is -1.70. The Morgan fingerprint density at radius 2 is 2.36 bits per heavy atom. The van der Waals surface area contributed by atoms with Gasteiger partial charge in [-0.2, -0.15) is 13.9 Å². The zero-order chi connectivity index (χ0) is 15.7. The highest BCUT2D eigenvalue weighted by Gasteiger charge is 2.30. The molecule has 3 heterocycles. The van der Waals surface area contributed by atoms with Crippen molar-refractivity contribution >= 4 is 17.2 Å². The van der Waals surface area contributed by atoms with E-state index in [1.807, 2.05) is 13.0 Å². The first kappa shape index (κ1) is 14.9.